The lowest BCUT2D eigenvalue weighted by Crippen LogP contribution is -2.23. The SMILES string of the molecule is CN(Cc1c[nH]c(-c2ccccc2F)c1)C(=O)O. The monoisotopic (exact) mass is 248 g/mol. The van der Waals surface area contributed by atoms with Gasteiger partial charge in [0.15, 0.2) is 0 Å². The second-order valence-electron chi connectivity index (χ2n) is 4.04. The van der Waals surface area contributed by atoms with Crippen LogP contribution in [0.3, 0.4) is 0 Å². The lowest BCUT2D eigenvalue weighted by Gasteiger charge is -2.10. The molecule has 4 nitrogen and oxygen atoms in total. The molecule has 94 valence electrons. The second-order valence-corrected chi connectivity index (χ2v) is 4.04. The van der Waals surface area contributed by atoms with Gasteiger partial charge in [-0.3, -0.25) is 0 Å². The van der Waals surface area contributed by atoms with Crippen LogP contribution in [0.15, 0.2) is 36.5 Å². The van der Waals surface area contributed by atoms with E-state index in [9.17, 15) is 9.18 Å². The molecule has 0 aliphatic rings. The van der Waals surface area contributed by atoms with Crippen molar-refractivity contribution in [1.29, 1.82) is 0 Å². The number of aromatic amines is 1. The molecular formula is C13H13FN2O2. The molecule has 2 aromatic rings. The number of nitrogens with one attached hydrogen (secondary N) is 1. The van der Waals surface area contributed by atoms with Crippen molar-refractivity contribution in [3.05, 3.63) is 47.9 Å². The van der Waals surface area contributed by atoms with E-state index in [4.69, 9.17) is 5.11 Å². The summed E-state index contributed by atoms with van der Waals surface area (Å²) in [5.74, 6) is -0.308. The maximum atomic E-state index is 13.6. The molecule has 2 N–H and O–H groups in total. The number of carbonyl (C=O) groups is 1. The average Bonchev–Trinajstić information content (AvgIpc) is 2.77. The zero-order valence-corrected chi connectivity index (χ0v) is 9.85. The molecule has 0 spiro atoms. The number of H-pyrrole nitrogens is 1. The largest absolute Gasteiger partial charge is 0.465 e. The Labute approximate surface area is 104 Å². The van der Waals surface area contributed by atoms with E-state index in [1.54, 1.807) is 30.5 Å². The van der Waals surface area contributed by atoms with Crippen molar-refractivity contribution < 1.29 is 14.3 Å². The number of amides is 1. The number of nitrogens with zero attached hydrogens (tertiary/aromatic N) is 1. The minimum Gasteiger partial charge on any atom is -0.465 e. The van der Waals surface area contributed by atoms with Crippen molar-refractivity contribution in [3.8, 4) is 11.3 Å². The average molecular weight is 248 g/mol. The Morgan fingerprint density at radius 3 is 2.83 bits per heavy atom. The Hall–Kier alpha value is -2.30. The maximum absolute atomic E-state index is 13.6. The van der Waals surface area contributed by atoms with Gasteiger partial charge in [0, 0.05) is 24.5 Å². The molecule has 1 heterocycles. The fourth-order valence-corrected chi connectivity index (χ4v) is 1.71. The van der Waals surface area contributed by atoms with Crippen LogP contribution < -0.4 is 0 Å². The number of hydrogen-bond donors (Lipinski definition) is 2. The molecule has 0 saturated heterocycles. The molecular weight excluding hydrogens is 235 g/mol. The summed E-state index contributed by atoms with van der Waals surface area (Å²) < 4.78 is 13.6. The topological polar surface area (TPSA) is 56.3 Å². The Morgan fingerprint density at radius 2 is 2.17 bits per heavy atom. The van der Waals surface area contributed by atoms with Crippen LogP contribution in [0.25, 0.3) is 11.3 Å². The van der Waals surface area contributed by atoms with Gasteiger partial charge in [-0.1, -0.05) is 12.1 Å². The molecule has 0 radical (unpaired) electrons. The van der Waals surface area contributed by atoms with E-state index in [0.717, 1.165) is 10.5 Å². The summed E-state index contributed by atoms with van der Waals surface area (Å²) in [4.78, 5) is 14.8. The van der Waals surface area contributed by atoms with Crippen molar-refractivity contribution in [3.63, 3.8) is 0 Å². The predicted molar refractivity (Wildman–Crippen MR) is 65.7 cm³/mol. The third kappa shape index (κ3) is 2.51. The highest BCUT2D eigenvalue weighted by atomic mass is 19.1. The number of rotatable bonds is 3. The molecule has 2 rings (SSSR count). The van der Waals surface area contributed by atoms with Crippen molar-refractivity contribution in [2.75, 3.05) is 7.05 Å². The number of halogens is 1. The molecule has 1 amide bonds. The van der Waals surface area contributed by atoms with Crippen molar-refractivity contribution in [2.45, 2.75) is 6.54 Å². The van der Waals surface area contributed by atoms with E-state index in [-0.39, 0.29) is 12.4 Å². The normalized spacial score (nSPS) is 10.3. The fourth-order valence-electron chi connectivity index (χ4n) is 1.71. The molecule has 0 aliphatic carbocycles. The third-order valence-corrected chi connectivity index (χ3v) is 2.65. The summed E-state index contributed by atoms with van der Waals surface area (Å²) in [5.41, 5.74) is 1.90. The molecule has 0 unspecified atom stereocenters. The summed E-state index contributed by atoms with van der Waals surface area (Å²) >= 11 is 0. The van der Waals surface area contributed by atoms with E-state index in [1.807, 2.05) is 0 Å². The van der Waals surface area contributed by atoms with Crippen LogP contribution in [0, 0.1) is 5.82 Å². The first kappa shape index (κ1) is 12.2. The number of benzene rings is 1. The van der Waals surface area contributed by atoms with E-state index >= 15 is 0 Å². The molecule has 1 aromatic heterocycles. The van der Waals surface area contributed by atoms with Crippen molar-refractivity contribution in [1.82, 2.24) is 9.88 Å². The summed E-state index contributed by atoms with van der Waals surface area (Å²) in [6, 6.07) is 8.19. The molecule has 0 aliphatic heterocycles. The first-order chi connectivity index (χ1) is 8.58. The van der Waals surface area contributed by atoms with Gasteiger partial charge >= 0.3 is 6.09 Å². The molecule has 0 bridgehead atoms. The third-order valence-electron chi connectivity index (χ3n) is 2.65. The zero-order valence-electron chi connectivity index (χ0n) is 9.85. The second kappa shape index (κ2) is 4.91. The summed E-state index contributed by atoms with van der Waals surface area (Å²) in [7, 11) is 1.48. The molecule has 18 heavy (non-hydrogen) atoms. The number of carboxylic acid groups (broad SMARTS) is 1. The van der Waals surface area contributed by atoms with Gasteiger partial charge in [-0.2, -0.15) is 0 Å². The molecule has 5 heteroatoms. The van der Waals surface area contributed by atoms with Gasteiger partial charge in [-0.15, -0.1) is 0 Å². The smallest absolute Gasteiger partial charge is 0.407 e. The highest BCUT2D eigenvalue weighted by molar-refractivity contribution is 5.65. The first-order valence-electron chi connectivity index (χ1n) is 5.44. The van der Waals surface area contributed by atoms with Gasteiger partial charge in [0.1, 0.15) is 5.82 Å². The van der Waals surface area contributed by atoms with E-state index in [0.29, 0.717) is 11.3 Å². The van der Waals surface area contributed by atoms with Gasteiger partial charge in [-0.05, 0) is 23.8 Å². The quantitative estimate of drug-likeness (QED) is 0.877. The van der Waals surface area contributed by atoms with E-state index in [1.165, 1.54) is 13.1 Å². The van der Waals surface area contributed by atoms with Crippen LogP contribution in [0.1, 0.15) is 5.56 Å². The lowest BCUT2D eigenvalue weighted by atomic mass is 10.1. The number of aromatic nitrogens is 1. The minimum absolute atomic E-state index is 0.264. The van der Waals surface area contributed by atoms with Crippen LogP contribution in [0.4, 0.5) is 9.18 Å². The van der Waals surface area contributed by atoms with E-state index in [2.05, 4.69) is 4.98 Å². The van der Waals surface area contributed by atoms with Gasteiger partial charge < -0.3 is 15.0 Å². The van der Waals surface area contributed by atoms with Crippen molar-refractivity contribution >= 4 is 6.09 Å². The Kier molecular flexibility index (Phi) is 3.32. The van der Waals surface area contributed by atoms with Crippen molar-refractivity contribution in [2.24, 2.45) is 0 Å². The summed E-state index contributed by atoms with van der Waals surface area (Å²) in [5, 5.41) is 8.77. The maximum Gasteiger partial charge on any atom is 0.407 e. The molecule has 0 fully saturated rings. The zero-order chi connectivity index (χ0) is 13.1. The Balaban J connectivity index is 2.21. The molecule has 0 saturated carbocycles. The standard InChI is InChI=1S/C13H13FN2O2/c1-16(13(17)18)8-9-6-12(15-7-9)10-4-2-3-5-11(10)14/h2-7,15H,8H2,1H3,(H,17,18). The Morgan fingerprint density at radius 1 is 1.44 bits per heavy atom. The van der Waals surface area contributed by atoms with Crippen LogP contribution in [0.5, 0.6) is 0 Å². The minimum atomic E-state index is -0.997. The summed E-state index contributed by atoms with van der Waals surface area (Å²) in [6.07, 6.45) is 0.685. The molecule has 1 aromatic carbocycles. The van der Waals surface area contributed by atoms with Gasteiger partial charge in [0.05, 0.1) is 6.54 Å². The summed E-state index contributed by atoms with van der Waals surface area (Å²) in [6.45, 7) is 0.264. The van der Waals surface area contributed by atoms with Crippen LogP contribution in [-0.4, -0.2) is 28.1 Å². The lowest BCUT2D eigenvalue weighted by molar-refractivity contribution is 0.154. The van der Waals surface area contributed by atoms with Crippen LogP contribution >= 0.6 is 0 Å². The number of hydrogen-bond acceptors (Lipinski definition) is 1. The molecule has 0 atom stereocenters. The van der Waals surface area contributed by atoms with Crippen LogP contribution in [0.2, 0.25) is 0 Å². The Bertz CT molecular complexity index is 566. The first-order valence-corrected chi connectivity index (χ1v) is 5.44. The highest BCUT2D eigenvalue weighted by Gasteiger charge is 2.10. The predicted octanol–water partition coefficient (Wildman–Crippen LogP) is 2.93. The van der Waals surface area contributed by atoms with Crippen LogP contribution in [-0.2, 0) is 6.54 Å². The van der Waals surface area contributed by atoms with E-state index < -0.39 is 6.09 Å². The van der Waals surface area contributed by atoms with Gasteiger partial charge in [0.25, 0.3) is 0 Å². The van der Waals surface area contributed by atoms with Gasteiger partial charge in [0.2, 0.25) is 0 Å². The van der Waals surface area contributed by atoms with Gasteiger partial charge in [-0.25, -0.2) is 9.18 Å². The fraction of sp³-hybridized carbons (Fsp3) is 0.154. The highest BCUT2D eigenvalue weighted by Crippen LogP contribution is 2.22.